The van der Waals surface area contributed by atoms with Crippen LogP contribution in [0.3, 0.4) is 0 Å². The van der Waals surface area contributed by atoms with Crippen LogP contribution in [0.1, 0.15) is 621 Å². The van der Waals surface area contributed by atoms with Crippen LogP contribution in [0.5, 0.6) is 0 Å². The molecule has 0 radical (unpaired) electrons. The maximum Gasteiger partial charge on any atom is 0.228 e. The molecule has 0 aromatic heterocycles. The van der Waals surface area contributed by atoms with Gasteiger partial charge in [-0.2, -0.15) is 0 Å². The predicted molar refractivity (Wildman–Crippen MR) is 658 cm³/mol. The van der Waals surface area contributed by atoms with Crippen molar-refractivity contribution < 1.29 is 14.4 Å². The zero-order valence-electron chi connectivity index (χ0n) is 100.0. The molecule has 1 aliphatic rings. The molecule has 0 bridgehead atoms. The van der Waals surface area contributed by atoms with E-state index in [1.54, 1.807) is 0 Å². The smallest absolute Gasteiger partial charge is 0.228 e. The summed E-state index contributed by atoms with van der Waals surface area (Å²) in [5.74, 6) is -0.291. The van der Waals surface area contributed by atoms with Gasteiger partial charge in [0.25, 0.3) is 0 Å². The minimum atomic E-state index is -0.996. The van der Waals surface area contributed by atoms with Crippen LogP contribution in [0, 0.1) is 16.2 Å². The van der Waals surface area contributed by atoms with E-state index in [9.17, 15) is 4.79 Å². The normalized spacial score (nSPS) is 16.2. The van der Waals surface area contributed by atoms with Gasteiger partial charge in [0.2, 0.25) is 17.7 Å². The Labute approximate surface area is 918 Å². The number of hydrogen-bond acceptors (Lipinski definition) is 6. The zero-order chi connectivity index (χ0) is 106. The lowest BCUT2D eigenvalue weighted by atomic mass is 9.53. The Balaban J connectivity index is 3.37. The lowest BCUT2D eigenvalue weighted by Crippen LogP contribution is -2.58. The molecular weight excluding hydrogens is 1790 g/mol. The van der Waals surface area contributed by atoms with E-state index in [1.165, 1.54) is 482 Å². The average Bonchev–Trinajstić information content (AvgIpc) is 0.738. The lowest BCUT2D eigenvalue weighted by molar-refractivity contribution is -0.158. The zero-order valence-corrected chi connectivity index (χ0v) is 100.0. The molecule has 147 heavy (non-hydrogen) atoms. The standard InChI is InChI=1S/C138H252N6O3/c1-10-16-22-28-34-40-46-52-58-64-70-76-82-88-95-107-119-141(120-108-96-89-83-77-71-65-59-53-47-41-35-29-23-17-11-2)125-113-101-94-106-118-140-134(146)137(8)130-136(7,133(139)145)131-138(9,132-137)135(147)144(128-116-104-102-114-126-142(121-109-97-90-84-78-72-66-60-54-48-42-36-30-24-18-12-3)122-110-98-91-85-79-73-67-61-55-49-43-37-31-25-19-13-4)129-117-105-103-115-127-143(123-111-99-92-86-80-74-68-62-56-50-44-38-32-26-20-14-5)124-112-100-93-87-81-75-69-63-57-51-45-39-33-27-21-15-6/h34-45,52-63H,10-33,46-51,64-132H2,1-9H3,(H2,139,145)(H,140,146)/b40-34-,41-35-,42-36-,43-37-,44-38-,45-39?,58-52-,59-53-,60-54-,61-55-,62-56-,63-57?. The fraction of sp³-hybridized carbons (Fsp3) is 0.804. The Hall–Kier alpha value is -4.83. The third-order valence-electron chi connectivity index (χ3n) is 31.3. The Kier molecular flexibility index (Phi) is 106. The van der Waals surface area contributed by atoms with E-state index >= 15 is 9.59 Å². The molecule has 3 amide bonds. The monoisotopic (exact) mass is 2040 g/mol. The number of primary amides is 1. The van der Waals surface area contributed by atoms with Gasteiger partial charge in [0.15, 0.2) is 0 Å². The number of allylic oxidation sites excluding steroid dienone is 24. The summed E-state index contributed by atoms with van der Waals surface area (Å²) in [6.07, 6.45) is 164. The van der Waals surface area contributed by atoms with Gasteiger partial charge in [0.1, 0.15) is 0 Å². The molecule has 1 saturated carbocycles. The molecule has 3 N–H and O–H groups in total. The molecule has 0 spiro atoms. The number of nitrogens with two attached hydrogens (primary N) is 1. The summed E-state index contributed by atoms with van der Waals surface area (Å²) >= 11 is 0. The first-order valence-electron chi connectivity index (χ1n) is 65.1. The molecule has 852 valence electrons. The Bertz CT molecular complexity index is 2940. The number of unbranched alkanes of at least 4 members (excludes halogenated alkanes) is 63. The van der Waals surface area contributed by atoms with Gasteiger partial charge in [-0.25, -0.2) is 0 Å². The van der Waals surface area contributed by atoms with E-state index in [-0.39, 0.29) is 11.8 Å². The minimum absolute atomic E-state index is 0.0230. The van der Waals surface area contributed by atoms with Crippen LogP contribution >= 0.6 is 0 Å². The van der Waals surface area contributed by atoms with Gasteiger partial charge in [0, 0.05) is 35.9 Å². The second-order valence-corrected chi connectivity index (χ2v) is 46.4. The third kappa shape index (κ3) is 93.3. The first-order chi connectivity index (χ1) is 72.3. The predicted octanol–water partition coefficient (Wildman–Crippen LogP) is 42.1. The van der Waals surface area contributed by atoms with Crippen molar-refractivity contribution in [3.8, 4) is 0 Å². The number of carbonyl (C=O) groups is 3. The topological polar surface area (TPSA) is 102 Å². The SMILES string of the molecule is CCCCCC=CCC=CCCCCCCCCN(CCCCCCCC/C=C\C/C=C\CCCCC)CCCCCCN(CCCCCCN(CCCCCCCC/C=C\C/C=C\CCCCC)CCCCCCCC/C=C\C/C=C\CCCCC)C(=O)C1(C)CC(C)(C(N)=O)CC(C)(C(=O)NCCCCCCN(CCCCCCCC/C=C\C/C=C\CCCCC)CCCCCCCC/C=C\C/C=C\CCCCC)C1. The summed E-state index contributed by atoms with van der Waals surface area (Å²) in [4.78, 5) is 55.6. The first-order valence-corrected chi connectivity index (χ1v) is 65.1. The van der Waals surface area contributed by atoms with E-state index in [2.05, 4.69) is 219 Å². The fourth-order valence-electron chi connectivity index (χ4n) is 22.1. The Morgan fingerprint density at radius 1 is 0.197 bits per heavy atom. The summed E-state index contributed by atoms with van der Waals surface area (Å²) < 4.78 is 0. The van der Waals surface area contributed by atoms with Crippen molar-refractivity contribution in [2.75, 3.05) is 78.5 Å². The van der Waals surface area contributed by atoms with Gasteiger partial charge in [0.05, 0.1) is 0 Å². The fourth-order valence-corrected chi connectivity index (χ4v) is 22.1. The second-order valence-electron chi connectivity index (χ2n) is 46.4. The van der Waals surface area contributed by atoms with Crippen LogP contribution in [0.4, 0.5) is 0 Å². The van der Waals surface area contributed by atoms with Crippen LogP contribution in [0.15, 0.2) is 146 Å². The number of nitrogens with zero attached hydrogens (tertiary/aromatic N) is 4. The maximum absolute atomic E-state index is 16.0. The molecule has 1 aliphatic carbocycles. The molecule has 3 atom stereocenters. The van der Waals surface area contributed by atoms with Gasteiger partial charge in [-0.1, -0.05) is 478 Å². The van der Waals surface area contributed by atoms with Crippen molar-refractivity contribution in [3.05, 3.63) is 146 Å². The quantitative estimate of drug-likeness (QED) is 0.0465. The lowest BCUT2D eigenvalue weighted by Gasteiger charge is -2.51. The Morgan fingerprint density at radius 2 is 0.354 bits per heavy atom. The number of carbonyl (C=O) groups excluding carboxylic acids is 3. The van der Waals surface area contributed by atoms with Gasteiger partial charge >= 0.3 is 0 Å². The molecule has 9 nitrogen and oxygen atoms in total. The van der Waals surface area contributed by atoms with Crippen LogP contribution in [-0.4, -0.2) is 116 Å². The van der Waals surface area contributed by atoms with Crippen molar-refractivity contribution in [1.29, 1.82) is 0 Å². The molecule has 0 aromatic carbocycles. The Morgan fingerprint density at radius 3 is 0.544 bits per heavy atom. The summed E-state index contributed by atoms with van der Waals surface area (Å²) in [5, 5.41) is 3.43. The van der Waals surface area contributed by atoms with Crippen molar-refractivity contribution in [3.63, 3.8) is 0 Å². The molecule has 1 rings (SSSR count). The highest BCUT2D eigenvalue weighted by Crippen LogP contribution is 2.55. The van der Waals surface area contributed by atoms with E-state index in [0.29, 0.717) is 25.8 Å². The third-order valence-corrected chi connectivity index (χ3v) is 31.3. The molecule has 0 heterocycles. The number of amides is 3. The van der Waals surface area contributed by atoms with Crippen LogP contribution in [0.2, 0.25) is 0 Å². The van der Waals surface area contributed by atoms with E-state index in [0.717, 1.165) is 129 Å². The molecule has 3 unspecified atom stereocenters. The van der Waals surface area contributed by atoms with E-state index in [4.69, 9.17) is 5.73 Å². The van der Waals surface area contributed by atoms with Gasteiger partial charge in [-0.05, 0) is 348 Å². The van der Waals surface area contributed by atoms with Crippen molar-refractivity contribution in [2.45, 2.75) is 621 Å². The number of rotatable bonds is 114. The molecule has 0 aromatic rings. The number of nitrogens with one attached hydrogen (secondary N) is 1. The highest BCUT2D eigenvalue weighted by molar-refractivity contribution is 5.90. The van der Waals surface area contributed by atoms with Crippen molar-refractivity contribution in [2.24, 2.45) is 22.0 Å². The largest absolute Gasteiger partial charge is 0.369 e. The van der Waals surface area contributed by atoms with Crippen LogP contribution < -0.4 is 11.1 Å². The highest BCUT2D eigenvalue weighted by atomic mass is 16.2. The van der Waals surface area contributed by atoms with Gasteiger partial charge in [-0.15, -0.1) is 0 Å². The van der Waals surface area contributed by atoms with Crippen molar-refractivity contribution in [1.82, 2.24) is 24.9 Å². The van der Waals surface area contributed by atoms with E-state index in [1.807, 2.05) is 13.8 Å². The first kappa shape index (κ1) is 140. The minimum Gasteiger partial charge on any atom is -0.369 e. The maximum atomic E-state index is 16.0. The molecule has 1 fully saturated rings. The van der Waals surface area contributed by atoms with Crippen LogP contribution in [-0.2, 0) is 14.4 Å². The highest BCUT2D eigenvalue weighted by Gasteiger charge is 2.57. The molecule has 0 aliphatic heterocycles. The van der Waals surface area contributed by atoms with Gasteiger partial charge in [-0.3, -0.25) is 14.4 Å². The average molecular weight is 2040 g/mol. The second kappa shape index (κ2) is 111. The summed E-state index contributed by atoms with van der Waals surface area (Å²) in [6.45, 7) is 32.5. The molecule has 9 heteroatoms. The summed E-state index contributed by atoms with van der Waals surface area (Å²) in [5.41, 5.74) is 3.66. The van der Waals surface area contributed by atoms with Gasteiger partial charge < -0.3 is 30.7 Å². The van der Waals surface area contributed by atoms with E-state index < -0.39 is 22.2 Å². The summed E-state index contributed by atoms with van der Waals surface area (Å²) in [6, 6.07) is 0. The van der Waals surface area contributed by atoms with Crippen molar-refractivity contribution >= 4 is 17.7 Å². The number of hydrogen-bond donors (Lipinski definition) is 2. The molecule has 0 saturated heterocycles. The molecular formula is C138H252N6O3. The summed E-state index contributed by atoms with van der Waals surface area (Å²) in [7, 11) is 0. The van der Waals surface area contributed by atoms with Crippen LogP contribution in [0.25, 0.3) is 0 Å².